The Morgan fingerprint density at radius 3 is 2.35 bits per heavy atom. The van der Waals surface area contributed by atoms with Crippen LogP contribution in [0.2, 0.25) is 0 Å². The molecule has 2 aromatic heterocycles. The van der Waals surface area contributed by atoms with E-state index in [9.17, 15) is 9.59 Å². The van der Waals surface area contributed by atoms with Crippen LogP contribution in [0.15, 0.2) is 48.1 Å². The van der Waals surface area contributed by atoms with E-state index in [1.54, 1.807) is 41.9 Å². The molecule has 0 aliphatic heterocycles. The van der Waals surface area contributed by atoms with Gasteiger partial charge in [0.05, 0.1) is 24.9 Å². The van der Waals surface area contributed by atoms with Crippen molar-refractivity contribution in [2.45, 2.75) is 32.7 Å². The minimum absolute atomic E-state index is 0.0849. The average molecular weight is 483 g/mol. The number of rotatable bonds is 11. The number of amides is 2. The van der Waals surface area contributed by atoms with E-state index in [0.29, 0.717) is 23.6 Å². The highest BCUT2D eigenvalue weighted by molar-refractivity contribution is 7.09. The van der Waals surface area contributed by atoms with E-state index in [0.717, 1.165) is 29.1 Å². The summed E-state index contributed by atoms with van der Waals surface area (Å²) in [7, 11) is 3.04. The number of hydrogen-bond donors (Lipinski definition) is 2. The molecule has 1 unspecified atom stereocenters. The van der Waals surface area contributed by atoms with Gasteiger partial charge >= 0.3 is 0 Å². The molecule has 3 rings (SSSR count). The molecule has 0 radical (unpaired) electrons. The minimum Gasteiger partial charge on any atom is -0.497 e. The van der Waals surface area contributed by atoms with E-state index in [1.165, 1.54) is 14.2 Å². The van der Waals surface area contributed by atoms with Crippen molar-refractivity contribution in [1.29, 1.82) is 0 Å². The zero-order chi connectivity index (χ0) is 24.5. The largest absolute Gasteiger partial charge is 0.497 e. The lowest BCUT2D eigenvalue weighted by Gasteiger charge is -2.22. The SMILES string of the molecule is COc1cc(OC)cc(C(=O)NC(C(=O)NCCCc2nc(-c3ccncc3)cs2)C(C)C)c1. The fourth-order valence-corrected chi connectivity index (χ4v) is 4.19. The van der Waals surface area contributed by atoms with E-state index >= 15 is 0 Å². The summed E-state index contributed by atoms with van der Waals surface area (Å²) in [5.74, 6) is 0.347. The Balaban J connectivity index is 1.52. The molecule has 2 heterocycles. The van der Waals surface area contributed by atoms with Crippen LogP contribution in [0, 0.1) is 5.92 Å². The van der Waals surface area contributed by atoms with Gasteiger partial charge in [0.25, 0.3) is 5.91 Å². The van der Waals surface area contributed by atoms with Gasteiger partial charge in [0.2, 0.25) is 5.91 Å². The molecule has 0 aliphatic carbocycles. The molecule has 0 saturated carbocycles. The van der Waals surface area contributed by atoms with Gasteiger partial charge in [-0.1, -0.05) is 13.8 Å². The molecule has 1 aromatic carbocycles. The third-order valence-electron chi connectivity index (χ3n) is 5.24. The molecular formula is C25H30N4O4S. The maximum absolute atomic E-state index is 12.8. The fourth-order valence-electron chi connectivity index (χ4n) is 3.34. The van der Waals surface area contributed by atoms with Crippen LogP contribution in [0.25, 0.3) is 11.3 Å². The van der Waals surface area contributed by atoms with Crippen LogP contribution in [0.5, 0.6) is 11.5 Å². The lowest BCUT2D eigenvalue weighted by atomic mass is 10.0. The molecule has 0 aliphatic rings. The molecule has 1 atom stereocenters. The number of thiazole rings is 1. The fraction of sp³-hybridized carbons (Fsp3) is 0.360. The number of nitrogens with zero attached hydrogens (tertiary/aromatic N) is 2. The highest BCUT2D eigenvalue weighted by Gasteiger charge is 2.25. The third-order valence-corrected chi connectivity index (χ3v) is 6.15. The Morgan fingerprint density at radius 1 is 1.06 bits per heavy atom. The molecule has 0 bridgehead atoms. The smallest absolute Gasteiger partial charge is 0.252 e. The van der Waals surface area contributed by atoms with Crippen molar-refractivity contribution >= 4 is 23.2 Å². The summed E-state index contributed by atoms with van der Waals surface area (Å²) in [6.45, 7) is 4.29. The standard InChI is InChI=1S/C25H30N4O4S/c1-16(2)23(29-24(30)18-12-19(32-3)14-20(13-18)33-4)25(31)27-9-5-6-22-28-21(15-34-22)17-7-10-26-11-8-17/h7-8,10-16,23H,5-6,9H2,1-4H3,(H,27,31)(H,29,30). The first-order chi connectivity index (χ1) is 16.4. The lowest BCUT2D eigenvalue weighted by Crippen LogP contribution is -2.49. The average Bonchev–Trinajstić information content (AvgIpc) is 3.33. The predicted molar refractivity (Wildman–Crippen MR) is 132 cm³/mol. The summed E-state index contributed by atoms with van der Waals surface area (Å²) < 4.78 is 10.5. The topological polar surface area (TPSA) is 102 Å². The number of carbonyl (C=O) groups excluding carboxylic acids is 2. The molecule has 8 nitrogen and oxygen atoms in total. The van der Waals surface area contributed by atoms with Crippen molar-refractivity contribution in [3.05, 3.63) is 58.7 Å². The first-order valence-corrected chi connectivity index (χ1v) is 12.0. The number of pyridine rings is 1. The van der Waals surface area contributed by atoms with Gasteiger partial charge in [-0.25, -0.2) is 4.98 Å². The maximum atomic E-state index is 12.8. The van der Waals surface area contributed by atoms with Gasteiger partial charge in [0.1, 0.15) is 17.5 Å². The van der Waals surface area contributed by atoms with E-state index in [1.807, 2.05) is 31.4 Å². The second-order valence-corrected chi connectivity index (χ2v) is 9.00. The van der Waals surface area contributed by atoms with Crippen molar-refractivity contribution in [2.75, 3.05) is 20.8 Å². The third kappa shape index (κ3) is 6.77. The monoisotopic (exact) mass is 482 g/mol. The van der Waals surface area contributed by atoms with Gasteiger partial charge in [0.15, 0.2) is 0 Å². The van der Waals surface area contributed by atoms with E-state index in [-0.39, 0.29) is 17.7 Å². The Hall–Kier alpha value is -3.46. The van der Waals surface area contributed by atoms with Crippen molar-refractivity contribution < 1.29 is 19.1 Å². The van der Waals surface area contributed by atoms with Gasteiger partial charge in [-0.3, -0.25) is 14.6 Å². The Bertz CT molecular complexity index is 1080. The molecule has 0 saturated heterocycles. The second-order valence-electron chi connectivity index (χ2n) is 8.05. The number of benzene rings is 1. The minimum atomic E-state index is -0.664. The predicted octanol–water partition coefficient (Wildman–Crippen LogP) is 3.73. The van der Waals surface area contributed by atoms with Crippen molar-refractivity contribution in [1.82, 2.24) is 20.6 Å². The molecule has 2 N–H and O–H groups in total. The Kier molecular flexibility index (Phi) is 8.98. The van der Waals surface area contributed by atoms with Gasteiger partial charge in [-0.15, -0.1) is 11.3 Å². The number of hydrogen-bond acceptors (Lipinski definition) is 7. The molecular weight excluding hydrogens is 452 g/mol. The molecule has 34 heavy (non-hydrogen) atoms. The van der Waals surface area contributed by atoms with Crippen molar-refractivity contribution in [3.8, 4) is 22.8 Å². The number of carbonyl (C=O) groups is 2. The number of methoxy groups -OCH3 is 2. The van der Waals surface area contributed by atoms with Crippen LogP contribution in [0.3, 0.4) is 0 Å². The van der Waals surface area contributed by atoms with Crippen LogP contribution in [0.4, 0.5) is 0 Å². The van der Waals surface area contributed by atoms with Gasteiger partial charge < -0.3 is 20.1 Å². The van der Waals surface area contributed by atoms with Crippen LogP contribution in [-0.4, -0.2) is 48.6 Å². The van der Waals surface area contributed by atoms with Crippen molar-refractivity contribution in [2.24, 2.45) is 5.92 Å². The van der Waals surface area contributed by atoms with E-state index in [2.05, 4.69) is 20.6 Å². The first-order valence-electron chi connectivity index (χ1n) is 11.1. The zero-order valence-electron chi connectivity index (χ0n) is 19.8. The van der Waals surface area contributed by atoms with Gasteiger partial charge in [0, 0.05) is 47.9 Å². The van der Waals surface area contributed by atoms with Crippen molar-refractivity contribution in [3.63, 3.8) is 0 Å². The summed E-state index contributed by atoms with van der Waals surface area (Å²) >= 11 is 1.60. The number of nitrogens with one attached hydrogen (secondary N) is 2. The summed E-state index contributed by atoms with van der Waals surface area (Å²) in [5, 5.41) is 8.82. The quantitative estimate of drug-likeness (QED) is 0.404. The van der Waals surface area contributed by atoms with Crippen LogP contribution >= 0.6 is 11.3 Å². The van der Waals surface area contributed by atoms with Gasteiger partial charge in [-0.05, 0) is 36.6 Å². The van der Waals surface area contributed by atoms with E-state index in [4.69, 9.17) is 9.47 Å². The highest BCUT2D eigenvalue weighted by atomic mass is 32.1. The van der Waals surface area contributed by atoms with Crippen LogP contribution in [0.1, 0.15) is 35.6 Å². The second kappa shape index (κ2) is 12.1. The van der Waals surface area contributed by atoms with Crippen LogP contribution in [-0.2, 0) is 11.2 Å². The number of ether oxygens (including phenoxy) is 2. The Morgan fingerprint density at radius 2 is 1.74 bits per heavy atom. The normalized spacial score (nSPS) is 11.7. The molecule has 180 valence electrons. The van der Waals surface area contributed by atoms with Gasteiger partial charge in [-0.2, -0.15) is 0 Å². The summed E-state index contributed by atoms with van der Waals surface area (Å²) in [5.41, 5.74) is 2.33. The molecule has 2 amide bonds. The summed E-state index contributed by atoms with van der Waals surface area (Å²) in [6, 6.07) is 8.11. The maximum Gasteiger partial charge on any atom is 0.252 e. The molecule has 9 heteroatoms. The van der Waals surface area contributed by atoms with E-state index < -0.39 is 6.04 Å². The molecule has 0 spiro atoms. The lowest BCUT2D eigenvalue weighted by molar-refractivity contribution is -0.123. The Labute approximate surface area is 203 Å². The zero-order valence-corrected chi connectivity index (χ0v) is 20.6. The first kappa shape index (κ1) is 25.2. The number of aryl methyl sites for hydroxylation is 1. The molecule has 3 aromatic rings. The summed E-state index contributed by atoms with van der Waals surface area (Å²) in [4.78, 5) is 34.3. The highest BCUT2D eigenvalue weighted by Crippen LogP contribution is 2.23. The number of aromatic nitrogens is 2. The van der Waals surface area contributed by atoms with Crippen LogP contribution < -0.4 is 20.1 Å². The molecule has 0 fully saturated rings. The summed E-state index contributed by atoms with van der Waals surface area (Å²) in [6.07, 6.45) is 5.01.